The zero-order valence-electron chi connectivity index (χ0n) is 10.2. The molecule has 0 unspecified atom stereocenters. The molecule has 1 aromatic heterocycles. The second kappa shape index (κ2) is 4.65. The van der Waals surface area contributed by atoms with Crippen LogP contribution in [0.1, 0.15) is 0 Å². The highest BCUT2D eigenvalue weighted by Gasteiger charge is 2.16. The number of aromatic amines is 1. The minimum atomic E-state index is -0.568. The summed E-state index contributed by atoms with van der Waals surface area (Å²) in [6, 6.07) is 10.5. The van der Waals surface area contributed by atoms with Gasteiger partial charge in [-0.2, -0.15) is 0 Å². The van der Waals surface area contributed by atoms with Gasteiger partial charge < -0.3 is 10.1 Å². The molecule has 5 heteroatoms. The molecular formula is C15H9ClFNO2. The van der Waals surface area contributed by atoms with E-state index in [-0.39, 0.29) is 16.9 Å². The molecule has 0 fully saturated rings. The number of halogens is 2. The zero-order valence-corrected chi connectivity index (χ0v) is 10.9. The van der Waals surface area contributed by atoms with Crippen molar-refractivity contribution in [1.82, 2.24) is 4.98 Å². The van der Waals surface area contributed by atoms with Crippen molar-refractivity contribution in [3.63, 3.8) is 0 Å². The minimum Gasteiger partial charge on any atom is -0.506 e. The maximum Gasteiger partial charge on any atom is 0.260 e. The summed E-state index contributed by atoms with van der Waals surface area (Å²) in [7, 11) is 0. The summed E-state index contributed by atoms with van der Waals surface area (Å²) in [5, 5.41) is 11.1. The van der Waals surface area contributed by atoms with Crippen LogP contribution < -0.4 is 5.56 Å². The van der Waals surface area contributed by atoms with Crippen LogP contribution in [0.5, 0.6) is 5.75 Å². The van der Waals surface area contributed by atoms with Crippen molar-refractivity contribution in [2.24, 2.45) is 0 Å². The van der Waals surface area contributed by atoms with Gasteiger partial charge in [-0.25, -0.2) is 4.39 Å². The molecule has 2 aromatic carbocycles. The van der Waals surface area contributed by atoms with Crippen LogP contribution >= 0.6 is 11.6 Å². The quantitative estimate of drug-likeness (QED) is 0.718. The normalized spacial score (nSPS) is 10.9. The highest BCUT2D eigenvalue weighted by molar-refractivity contribution is 6.31. The number of aromatic hydroxyl groups is 1. The first-order valence-electron chi connectivity index (χ1n) is 5.87. The fourth-order valence-electron chi connectivity index (χ4n) is 2.17. The van der Waals surface area contributed by atoms with E-state index in [2.05, 4.69) is 4.98 Å². The van der Waals surface area contributed by atoms with Gasteiger partial charge in [0, 0.05) is 16.0 Å². The van der Waals surface area contributed by atoms with Crippen LogP contribution in [0.15, 0.2) is 47.3 Å². The Morgan fingerprint density at radius 1 is 1.15 bits per heavy atom. The van der Waals surface area contributed by atoms with Crippen LogP contribution in [0.4, 0.5) is 4.39 Å². The van der Waals surface area contributed by atoms with Gasteiger partial charge in [0.15, 0.2) is 0 Å². The average molecular weight is 290 g/mol. The summed E-state index contributed by atoms with van der Waals surface area (Å²) in [4.78, 5) is 14.7. The third-order valence-corrected chi connectivity index (χ3v) is 3.33. The second-order valence-electron chi connectivity index (χ2n) is 4.35. The highest BCUT2D eigenvalue weighted by Crippen LogP contribution is 2.33. The number of benzene rings is 2. The molecule has 100 valence electrons. The number of nitrogens with one attached hydrogen (secondary N) is 1. The molecule has 0 saturated heterocycles. The minimum absolute atomic E-state index is 0.0584. The van der Waals surface area contributed by atoms with Crippen LogP contribution in [-0.2, 0) is 0 Å². The highest BCUT2D eigenvalue weighted by atomic mass is 35.5. The monoisotopic (exact) mass is 289 g/mol. The van der Waals surface area contributed by atoms with Gasteiger partial charge in [0.1, 0.15) is 11.6 Å². The third kappa shape index (κ3) is 1.94. The fourth-order valence-corrected chi connectivity index (χ4v) is 2.34. The lowest BCUT2D eigenvalue weighted by Crippen LogP contribution is -2.10. The Morgan fingerprint density at radius 2 is 1.90 bits per heavy atom. The number of fused-ring (bicyclic) bond motifs is 1. The molecule has 2 N–H and O–H groups in total. The van der Waals surface area contributed by atoms with Gasteiger partial charge in [0.25, 0.3) is 5.56 Å². The van der Waals surface area contributed by atoms with E-state index in [4.69, 9.17) is 11.6 Å². The average Bonchev–Trinajstić information content (AvgIpc) is 2.40. The van der Waals surface area contributed by atoms with Crippen molar-refractivity contribution in [2.45, 2.75) is 0 Å². The summed E-state index contributed by atoms with van der Waals surface area (Å²) >= 11 is 5.84. The van der Waals surface area contributed by atoms with Crippen molar-refractivity contribution in [1.29, 1.82) is 0 Å². The van der Waals surface area contributed by atoms with Crippen LogP contribution in [-0.4, -0.2) is 10.1 Å². The molecule has 0 aliphatic heterocycles. The lowest BCUT2D eigenvalue weighted by atomic mass is 10.0. The number of pyridine rings is 1. The molecule has 0 aliphatic carbocycles. The Hall–Kier alpha value is -2.33. The third-order valence-electron chi connectivity index (χ3n) is 3.09. The number of hydrogen-bond donors (Lipinski definition) is 2. The molecule has 20 heavy (non-hydrogen) atoms. The summed E-state index contributed by atoms with van der Waals surface area (Å²) in [5.41, 5.74) is -0.191. The van der Waals surface area contributed by atoms with E-state index < -0.39 is 11.4 Å². The van der Waals surface area contributed by atoms with Crippen LogP contribution in [0.25, 0.3) is 22.0 Å². The first-order valence-corrected chi connectivity index (χ1v) is 6.25. The van der Waals surface area contributed by atoms with Gasteiger partial charge in [0.2, 0.25) is 0 Å². The zero-order chi connectivity index (χ0) is 14.3. The largest absolute Gasteiger partial charge is 0.506 e. The smallest absolute Gasteiger partial charge is 0.260 e. The van der Waals surface area contributed by atoms with E-state index in [0.717, 1.165) is 0 Å². The molecule has 0 atom stereocenters. The Labute approximate surface area is 118 Å². The molecule has 0 bridgehead atoms. The SMILES string of the molecule is O=c1[nH]c2cc(Cl)ccc2c(O)c1-c1ccccc1F. The number of aromatic nitrogens is 1. The van der Waals surface area contributed by atoms with Crippen molar-refractivity contribution in [3.05, 3.63) is 63.7 Å². The predicted octanol–water partition coefficient (Wildman–Crippen LogP) is 3.69. The Bertz CT molecular complexity index is 873. The first-order chi connectivity index (χ1) is 9.58. The van der Waals surface area contributed by atoms with Crippen molar-refractivity contribution in [2.75, 3.05) is 0 Å². The number of H-pyrrole nitrogens is 1. The van der Waals surface area contributed by atoms with Crippen LogP contribution in [0, 0.1) is 5.82 Å². The van der Waals surface area contributed by atoms with Gasteiger partial charge in [-0.15, -0.1) is 0 Å². The van der Waals surface area contributed by atoms with Crippen LogP contribution in [0.3, 0.4) is 0 Å². The topological polar surface area (TPSA) is 53.1 Å². The van der Waals surface area contributed by atoms with Gasteiger partial charge >= 0.3 is 0 Å². The molecule has 3 nitrogen and oxygen atoms in total. The van der Waals surface area contributed by atoms with Gasteiger partial charge in [0.05, 0.1) is 11.1 Å². The Morgan fingerprint density at radius 3 is 2.65 bits per heavy atom. The molecule has 0 aliphatic rings. The van der Waals surface area contributed by atoms with Gasteiger partial charge in [-0.05, 0) is 24.3 Å². The maximum absolute atomic E-state index is 13.8. The van der Waals surface area contributed by atoms with Crippen molar-refractivity contribution >= 4 is 22.5 Å². The molecular weight excluding hydrogens is 281 g/mol. The summed E-state index contributed by atoms with van der Waals surface area (Å²) in [5.74, 6) is -0.827. The number of hydrogen-bond acceptors (Lipinski definition) is 2. The molecule has 0 spiro atoms. The summed E-state index contributed by atoms with van der Waals surface area (Å²) in [6.07, 6.45) is 0. The lowest BCUT2D eigenvalue weighted by molar-refractivity contribution is 0.482. The standard InChI is InChI=1S/C15H9ClFNO2/c16-8-5-6-10-12(7-8)18-15(20)13(14(10)19)9-3-1-2-4-11(9)17/h1-7H,(H2,18,19,20). The second-order valence-corrected chi connectivity index (χ2v) is 4.78. The fraction of sp³-hybridized carbons (Fsp3) is 0. The number of rotatable bonds is 1. The molecule has 0 radical (unpaired) electrons. The first kappa shape index (κ1) is 12.7. The molecule has 1 heterocycles. The predicted molar refractivity (Wildman–Crippen MR) is 76.6 cm³/mol. The molecule has 0 amide bonds. The van der Waals surface area contributed by atoms with Crippen LogP contribution in [0.2, 0.25) is 5.02 Å². The Balaban J connectivity index is 2.41. The van der Waals surface area contributed by atoms with E-state index in [1.807, 2.05) is 0 Å². The van der Waals surface area contributed by atoms with E-state index in [0.29, 0.717) is 15.9 Å². The molecule has 3 rings (SSSR count). The van der Waals surface area contributed by atoms with Gasteiger partial charge in [-0.3, -0.25) is 4.79 Å². The summed E-state index contributed by atoms with van der Waals surface area (Å²) < 4.78 is 13.8. The van der Waals surface area contributed by atoms with Crippen molar-refractivity contribution < 1.29 is 9.50 Å². The maximum atomic E-state index is 13.8. The van der Waals surface area contributed by atoms with Gasteiger partial charge in [-0.1, -0.05) is 29.8 Å². The van der Waals surface area contributed by atoms with E-state index >= 15 is 0 Å². The molecule has 0 saturated carbocycles. The summed E-state index contributed by atoms with van der Waals surface area (Å²) in [6.45, 7) is 0. The molecule has 3 aromatic rings. The van der Waals surface area contributed by atoms with E-state index in [9.17, 15) is 14.3 Å². The van der Waals surface area contributed by atoms with Crippen molar-refractivity contribution in [3.8, 4) is 16.9 Å². The van der Waals surface area contributed by atoms with E-state index in [1.165, 1.54) is 24.3 Å². The van der Waals surface area contributed by atoms with E-state index in [1.54, 1.807) is 18.2 Å². The Kier molecular flexibility index (Phi) is 2.95. The lowest BCUT2D eigenvalue weighted by Gasteiger charge is -2.08.